The predicted octanol–water partition coefficient (Wildman–Crippen LogP) is 4.71. The molecule has 2 rings (SSSR count). The third-order valence-corrected chi connectivity index (χ3v) is 4.31. The summed E-state index contributed by atoms with van der Waals surface area (Å²) >= 11 is 0. The summed E-state index contributed by atoms with van der Waals surface area (Å²) in [6.45, 7) is 7.73. The SMILES string of the molecule is COCCOc1cc(C)ccc1NC(=O)c1ccc(OCCC(C)C)c(OC)c1. The molecule has 1 amide bonds. The number of carbonyl (C=O) groups is 1. The molecule has 6 nitrogen and oxygen atoms in total. The van der Waals surface area contributed by atoms with Gasteiger partial charge in [-0.2, -0.15) is 0 Å². The van der Waals surface area contributed by atoms with Crippen molar-refractivity contribution in [3.63, 3.8) is 0 Å². The average Bonchev–Trinajstić information content (AvgIpc) is 2.70. The van der Waals surface area contributed by atoms with E-state index in [1.807, 2.05) is 25.1 Å². The van der Waals surface area contributed by atoms with Gasteiger partial charge < -0.3 is 24.3 Å². The standard InChI is InChI=1S/C23H31NO5/c1-16(2)10-11-28-20-9-7-18(15-22(20)27-5)23(25)24-19-8-6-17(3)14-21(19)29-13-12-26-4/h6-9,14-16H,10-13H2,1-5H3,(H,24,25). The van der Waals surface area contributed by atoms with Gasteiger partial charge in [0.25, 0.3) is 5.91 Å². The molecule has 0 spiro atoms. The molecule has 1 N–H and O–H groups in total. The van der Waals surface area contributed by atoms with Crippen LogP contribution < -0.4 is 19.5 Å². The van der Waals surface area contributed by atoms with E-state index < -0.39 is 0 Å². The highest BCUT2D eigenvalue weighted by Gasteiger charge is 2.14. The van der Waals surface area contributed by atoms with Crippen LogP contribution in [0, 0.1) is 12.8 Å². The Morgan fingerprint density at radius 2 is 1.69 bits per heavy atom. The van der Waals surface area contributed by atoms with Gasteiger partial charge in [-0.15, -0.1) is 0 Å². The maximum Gasteiger partial charge on any atom is 0.255 e. The molecular weight excluding hydrogens is 370 g/mol. The first kappa shape index (κ1) is 22.6. The monoisotopic (exact) mass is 401 g/mol. The highest BCUT2D eigenvalue weighted by molar-refractivity contribution is 6.05. The Balaban J connectivity index is 2.12. The van der Waals surface area contributed by atoms with E-state index >= 15 is 0 Å². The van der Waals surface area contributed by atoms with Crippen LogP contribution in [-0.2, 0) is 4.74 Å². The van der Waals surface area contributed by atoms with Gasteiger partial charge in [0.1, 0.15) is 12.4 Å². The number of amides is 1. The van der Waals surface area contributed by atoms with Crippen LogP contribution in [0.3, 0.4) is 0 Å². The lowest BCUT2D eigenvalue weighted by Crippen LogP contribution is -2.14. The zero-order valence-corrected chi connectivity index (χ0v) is 17.9. The molecule has 0 radical (unpaired) electrons. The minimum atomic E-state index is -0.252. The Kier molecular flexibility index (Phi) is 8.80. The average molecular weight is 402 g/mol. The zero-order valence-electron chi connectivity index (χ0n) is 17.9. The highest BCUT2D eigenvalue weighted by atomic mass is 16.5. The number of carbonyl (C=O) groups excluding carboxylic acids is 1. The van der Waals surface area contributed by atoms with Crippen molar-refractivity contribution in [2.75, 3.05) is 39.4 Å². The van der Waals surface area contributed by atoms with Crippen molar-refractivity contribution in [2.45, 2.75) is 27.2 Å². The first-order valence-corrected chi connectivity index (χ1v) is 9.79. The lowest BCUT2D eigenvalue weighted by atomic mass is 10.1. The van der Waals surface area contributed by atoms with E-state index in [0.29, 0.717) is 54.2 Å². The smallest absolute Gasteiger partial charge is 0.255 e. The number of hydrogen-bond donors (Lipinski definition) is 1. The van der Waals surface area contributed by atoms with Crippen molar-refractivity contribution >= 4 is 11.6 Å². The predicted molar refractivity (Wildman–Crippen MR) is 114 cm³/mol. The number of aryl methyl sites for hydroxylation is 1. The lowest BCUT2D eigenvalue weighted by Gasteiger charge is -2.15. The van der Waals surface area contributed by atoms with Crippen molar-refractivity contribution in [3.8, 4) is 17.2 Å². The summed E-state index contributed by atoms with van der Waals surface area (Å²) in [5, 5.41) is 2.91. The maximum atomic E-state index is 12.8. The third kappa shape index (κ3) is 6.98. The van der Waals surface area contributed by atoms with Crippen LogP contribution >= 0.6 is 0 Å². The topological polar surface area (TPSA) is 66.0 Å². The van der Waals surface area contributed by atoms with Crippen molar-refractivity contribution < 1.29 is 23.7 Å². The summed E-state index contributed by atoms with van der Waals surface area (Å²) in [4.78, 5) is 12.8. The second kappa shape index (κ2) is 11.3. The Morgan fingerprint density at radius 1 is 0.931 bits per heavy atom. The molecule has 0 fully saturated rings. The molecule has 158 valence electrons. The molecular formula is C23H31NO5. The van der Waals surface area contributed by atoms with Crippen LogP contribution in [0.15, 0.2) is 36.4 Å². The van der Waals surface area contributed by atoms with Crippen molar-refractivity contribution in [3.05, 3.63) is 47.5 Å². The number of hydrogen-bond acceptors (Lipinski definition) is 5. The Hall–Kier alpha value is -2.73. The molecule has 0 aliphatic carbocycles. The van der Waals surface area contributed by atoms with Crippen LogP contribution in [0.1, 0.15) is 36.2 Å². The molecule has 29 heavy (non-hydrogen) atoms. The summed E-state index contributed by atoms with van der Waals surface area (Å²) in [7, 11) is 3.18. The van der Waals surface area contributed by atoms with E-state index in [9.17, 15) is 4.79 Å². The lowest BCUT2D eigenvalue weighted by molar-refractivity contribution is 0.102. The fourth-order valence-electron chi connectivity index (χ4n) is 2.61. The zero-order chi connectivity index (χ0) is 21.2. The molecule has 0 saturated carbocycles. The molecule has 2 aromatic carbocycles. The van der Waals surface area contributed by atoms with Crippen LogP contribution in [0.2, 0.25) is 0 Å². The minimum Gasteiger partial charge on any atom is -0.493 e. The van der Waals surface area contributed by atoms with Crippen molar-refractivity contribution in [2.24, 2.45) is 5.92 Å². The van der Waals surface area contributed by atoms with E-state index in [1.165, 1.54) is 0 Å². The van der Waals surface area contributed by atoms with E-state index in [-0.39, 0.29) is 5.91 Å². The molecule has 0 heterocycles. The summed E-state index contributed by atoms with van der Waals surface area (Å²) in [6, 6.07) is 10.8. The van der Waals surface area contributed by atoms with E-state index in [2.05, 4.69) is 19.2 Å². The third-order valence-electron chi connectivity index (χ3n) is 4.31. The fraction of sp³-hybridized carbons (Fsp3) is 0.435. The van der Waals surface area contributed by atoms with Crippen LogP contribution in [0.25, 0.3) is 0 Å². The van der Waals surface area contributed by atoms with E-state index in [4.69, 9.17) is 18.9 Å². The van der Waals surface area contributed by atoms with Crippen LogP contribution in [-0.4, -0.2) is 39.9 Å². The molecule has 0 aliphatic rings. The normalized spacial score (nSPS) is 10.7. The molecule has 2 aromatic rings. The Bertz CT molecular complexity index is 804. The van der Waals surface area contributed by atoms with Crippen molar-refractivity contribution in [1.82, 2.24) is 0 Å². The summed E-state index contributed by atoms with van der Waals surface area (Å²) in [6.07, 6.45) is 0.949. The van der Waals surface area contributed by atoms with Gasteiger partial charge in [0.2, 0.25) is 0 Å². The number of nitrogens with one attached hydrogen (secondary N) is 1. The number of methoxy groups -OCH3 is 2. The largest absolute Gasteiger partial charge is 0.493 e. The van der Waals surface area contributed by atoms with Gasteiger partial charge in [0, 0.05) is 12.7 Å². The van der Waals surface area contributed by atoms with Gasteiger partial charge >= 0.3 is 0 Å². The maximum absolute atomic E-state index is 12.8. The van der Waals surface area contributed by atoms with Crippen LogP contribution in [0.4, 0.5) is 5.69 Å². The number of anilines is 1. The Labute approximate surface area is 173 Å². The molecule has 0 unspecified atom stereocenters. The second-order valence-corrected chi connectivity index (χ2v) is 7.19. The molecule has 0 bridgehead atoms. The minimum absolute atomic E-state index is 0.252. The van der Waals surface area contributed by atoms with Gasteiger partial charge in [-0.3, -0.25) is 4.79 Å². The van der Waals surface area contributed by atoms with Gasteiger partial charge in [-0.05, 0) is 55.2 Å². The van der Waals surface area contributed by atoms with Gasteiger partial charge in [-0.25, -0.2) is 0 Å². The number of rotatable bonds is 11. The summed E-state index contributed by atoms with van der Waals surface area (Å²) in [5.74, 6) is 2.07. The first-order valence-electron chi connectivity index (χ1n) is 9.79. The number of benzene rings is 2. The quantitative estimate of drug-likeness (QED) is 0.553. The van der Waals surface area contributed by atoms with E-state index in [0.717, 1.165) is 12.0 Å². The van der Waals surface area contributed by atoms with Gasteiger partial charge in [0.15, 0.2) is 11.5 Å². The van der Waals surface area contributed by atoms with Gasteiger partial charge in [-0.1, -0.05) is 19.9 Å². The van der Waals surface area contributed by atoms with E-state index in [1.54, 1.807) is 32.4 Å². The highest BCUT2D eigenvalue weighted by Crippen LogP contribution is 2.30. The summed E-state index contributed by atoms with van der Waals surface area (Å²) < 4.78 is 22.0. The fourth-order valence-corrected chi connectivity index (χ4v) is 2.61. The molecule has 0 aliphatic heterocycles. The summed E-state index contributed by atoms with van der Waals surface area (Å²) in [5.41, 5.74) is 2.12. The van der Waals surface area contributed by atoms with Gasteiger partial charge in [0.05, 0.1) is 26.0 Å². The molecule has 6 heteroatoms. The Morgan fingerprint density at radius 3 is 2.38 bits per heavy atom. The molecule has 0 aromatic heterocycles. The molecule has 0 saturated heterocycles. The second-order valence-electron chi connectivity index (χ2n) is 7.19. The number of ether oxygens (including phenoxy) is 4. The first-order chi connectivity index (χ1) is 13.9. The molecule has 0 atom stereocenters. The van der Waals surface area contributed by atoms with Crippen LogP contribution in [0.5, 0.6) is 17.2 Å². The van der Waals surface area contributed by atoms with Crippen molar-refractivity contribution in [1.29, 1.82) is 0 Å².